The minimum absolute atomic E-state index is 0.0671. The van der Waals surface area contributed by atoms with E-state index < -0.39 is 23.6 Å². The lowest BCUT2D eigenvalue weighted by molar-refractivity contribution is -0.274. The van der Waals surface area contributed by atoms with Gasteiger partial charge in [-0.25, -0.2) is 4.79 Å². The van der Waals surface area contributed by atoms with E-state index in [4.69, 9.17) is 5.11 Å². The molecule has 110 valence electrons. The molecule has 0 unspecified atom stereocenters. The molecule has 1 heterocycles. The molecule has 5 nitrogen and oxygen atoms in total. The fourth-order valence-corrected chi connectivity index (χ4v) is 1.68. The van der Waals surface area contributed by atoms with Gasteiger partial charge < -0.3 is 14.8 Å². The Balaban J connectivity index is 2.47. The maximum atomic E-state index is 12.2. The Hall–Kier alpha value is -2.77. The third kappa shape index (κ3) is 3.62. The van der Waals surface area contributed by atoms with Crippen molar-refractivity contribution in [3.8, 4) is 16.9 Å². The summed E-state index contributed by atoms with van der Waals surface area (Å²) in [6.07, 6.45) is -3.85. The van der Waals surface area contributed by atoms with E-state index in [1.807, 2.05) is 0 Å². The maximum Gasteiger partial charge on any atom is 0.573 e. The number of aromatic carboxylic acids is 1. The number of benzene rings is 1. The summed E-state index contributed by atoms with van der Waals surface area (Å²) in [5.74, 6) is -1.77. The molecular weight excluding hydrogens is 291 g/mol. The molecule has 2 aromatic rings. The van der Waals surface area contributed by atoms with E-state index in [9.17, 15) is 22.8 Å². The molecule has 0 aliphatic rings. The number of aromatic amines is 1. The summed E-state index contributed by atoms with van der Waals surface area (Å²) in [7, 11) is 0. The van der Waals surface area contributed by atoms with Gasteiger partial charge in [0.1, 0.15) is 5.75 Å². The van der Waals surface area contributed by atoms with Crippen LogP contribution in [0.4, 0.5) is 13.2 Å². The summed E-state index contributed by atoms with van der Waals surface area (Å²) in [6.45, 7) is 0. The monoisotopic (exact) mass is 299 g/mol. The van der Waals surface area contributed by atoms with Crippen LogP contribution in [0.2, 0.25) is 0 Å². The number of hydrogen-bond donors (Lipinski definition) is 2. The summed E-state index contributed by atoms with van der Waals surface area (Å²) in [5.41, 5.74) is -0.764. The Bertz CT molecular complexity index is 737. The molecule has 0 aliphatic carbocycles. The SMILES string of the molecule is O=C(O)c1c[nH]c(=O)c(-c2cccc(OC(F)(F)F)c2)c1. The Kier molecular flexibility index (Phi) is 3.70. The highest BCUT2D eigenvalue weighted by atomic mass is 19.4. The van der Waals surface area contributed by atoms with Crippen LogP contribution in [-0.2, 0) is 0 Å². The van der Waals surface area contributed by atoms with E-state index >= 15 is 0 Å². The van der Waals surface area contributed by atoms with Gasteiger partial charge in [0.2, 0.25) is 0 Å². The second kappa shape index (κ2) is 5.31. The molecule has 0 amide bonds. The van der Waals surface area contributed by atoms with Crippen molar-refractivity contribution in [1.29, 1.82) is 0 Å². The number of pyridine rings is 1. The van der Waals surface area contributed by atoms with Crippen molar-refractivity contribution in [3.05, 3.63) is 52.4 Å². The van der Waals surface area contributed by atoms with Crippen LogP contribution < -0.4 is 10.3 Å². The van der Waals surface area contributed by atoms with Crippen molar-refractivity contribution in [2.75, 3.05) is 0 Å². The number of rotatable bonds is 3. The van der Waals surface area contributed by atoms with E-state index in [1.165, 1.54) is 12.1 Å². The van der Waals surface area contributed by atoms with Crippen molar-refractivity contribution < 1.29 is 27.8 Å². The highest BCUT2D eigenvalue weighted by molar-refractivity contribution is 5.88. The Morgan fingerprint density at radius 1 is 1.24 bits per heavy atom. The molecule has 0 fully saturated rings. The van der Waals surface area contributed by atoms with Crippen molar-refractivity contribution in [2.45, 2.75) is 6.36 Å². The number of carbonyl (C=O) groups is 1. The average Bonchev–Trinajstić information content (AvgIpc) is 2.37. The zero-order chi connectivity index (χ0) is 15.6. The third-order valence-electron chi connectivity index (χ3n) is 2.53. The van der Waals surface area contributed by atoms with Gasteiger partial charge in [0.25, 0.3) is 5.56 Å². The van der Waals surface area contributed by atoms with E-state index in [0.29, 0.717) is 0 Å². The predicted octanol–water partition coefficient (Wildman–Crippen LogP) is 2.64. The van der Waals surface area contributed by atoms with Crippen LogP contribution >= 0.6 is 0 Å². The summed E-state index contributed by atoms with van der Waals surface area (Å²) in [6, 6.07) is 5.80. The molecule has 2 N–H and O–H groups in total. The van der Waals surface area contributed by atoms with Gasteiger partial charge in [-0.1, -0.05) is 12.1 Å². The molecular formula is C13H8F3NO4. The lowest BCUT2D eigenvalue weighted by Gasteiger charge is -2.10. The number of carboxylic acid groups (broad SMARTS) is 1. The largest absolute Gasteiger partial charge is 0.573 e. The Labute approximate surface area is 115 Å². The van der Waals surface area contributed by atoms with Crippen molar-refractivity contribution in [1.82, 2.24) is 4.98 Å². The number of nitrogens with one attached hydrogen (secondary N) is 1. The maximum absolute atomic E-state index is 12.2. The number of hydrogen-bond acceptors (Lipinski definition) is 3. The zero-order valence-electron chi connectivity index (χ0n) is 10.3. The molecule has 1 aromatic carbocycles. The lowest BCUT2D eigenvalue weighted by Crippen LogP contribution is -2.17. The van der Waals surface area contributed by atoms with Gasteiger partial charge in [0.15, 0.2) is 0 Å². The molecule has 0 saturated heterocycles. The number of H-pyrrole nitrogens is 1. The first-order chi connectivity index (χ1) is 9.76. The number of carboxylic acids is 1. The van der Waals surface area contributed by atoms with Crippen molar-refractivity contribution in [2.24, 2.45) is 0 Å². The molecule has 0 saturated carbocycles. The molecule has 8 heteroatoms. The van der Waals surface area contributed by atoms with Gasteiger partial charge in [-0.3, -0.25) is 4.79 Å². The fraction of sp³-hybridized carbons (Fsp3) is 0.0769. The molecule has 0 atom stereocenters. The third-order valence-corrected chi connectivity index (χ3v) is 2.53. The van der Waals surface area contributed by atoms with Crippen LogP contribution in [0.3, 0.4) is 0 Å². The zero-order valence-corrected chi connectivity index (χ0v) is 10.3. The Morgan fingerprint density at radius 3 is 2.57 bits per heavy atom. The first-order valence-corrected chi connectivity index (χ1v) is 5.58. The van der Waals surface area contributed by atoms with E-state index in [-0.39, 0.29) is 16.7 Å². The van der Waals surface area contributed by atoms with Crippen LogP contribution in [0, 0.1) is 0 Å². The van der Waals surface area contributed by atoms with Crippen LogP contribution in [-0.4, -0.2) is 22.4 Å². The highest BCUT2D eigenvalue weighted by Gasteiger charge is 2.31. The quantitative estimate of drug-likeness (QED) is 0.913. The van der Waals surface area contributed by atoms with E-state index in [0.717, 1.165) is 24.4 Å². The fourth-order valence-electron chi connectivity index (χ4n) is 1.68. The minimum atomic E-state index is -4.85. The summed E-state index contributed by atoms with van der Waals surface area (Å²) in [4.78, 5) is 24.8. The van der Waals surface area contributed by atoms with Crippen LogP contribution in [0.1, 0.15) is 10.4 Å². The topological polar surface area (TPSA) is 79.4 Å². The normalized spacial score (nSPS) is 11.2. The smallest absolute Gasteiger partial charge is 0.478 e. The van der Waals surface area contributed by atoms with Gasteiger partial charge in [-0.05, 0) is 23.8 Å². The molecule has 0 radical (unpaired) electrons. The van der Waals surface area contributed by atoms with Gasteiger partial charge >= 0.3 is 12.3 Å². The van der Waals surface area contributed by atoms with E-state index in [2.05, 4.69) is 9.72 Å². The molecule has 2 rings (SSSR count). The van der Waals surface area contributed by atoms with Gasteiger partial charge in [0.05, 0.1) is 5.56 Å². The van der Waals surface area contributed by atoms with Gasteiger partial charge in [-0.2, -0.15) is 0 Å². The standard InChI is InChI=1S/C13H8F3NO4/c14-13(15,16)21-9-3-1-2-7(4-9)10-5-8(12(19)20)6-17-11(10)18/h1-6H,(H,17,18)(H,19,20). The van der Waals surface area contributed by atoms with Crippen LogP contribution in [0.15, 0.2) is 41.3 Å². The van der Waals surface area contributed by atoms with Crippen molar-refractivity contribution >= 4 is 5.97 Å². The van der Waals surface area contributed by atoms with E-state index in [1.54, 1.807) is 0 Å². The Morgan fingerprint density at radius 2 is 1.95 bits per heavy atom. The second-order valence-corrected chi connectivity index (χ2v) is 4.01. The predicted molar refractivity (Wildman–Crippen MR) is 66.1 cm³/mol. The summed E-state index contributed by atoms with van der Waals surface area (Å²) in [5, 5.41) is 8.86. The summed E-state index contributed by atoms with van der Waals surface area (Å²) >= 11 is 0. The number of aromatic nitrogens is 1. The minimum Gasteiger partial charge on any atom is -0.478 e. The average molecular weight is 299 g/mol. The first-order valence-electron chi connectivity index (χ1n) is 5.58. The molecule has 0 bridgehead atoms. The molecule has 0 aliphatic heterocycles. The molecule has 0 spiro atoms. The lowest BCUT2D eigenvalue weighted by atomic mass is 10.1. The number of ether oxygens (including phenoxy) is 1. The summed E-state index contributed by atoms with van der Waals surface area (Å²) < 4.78 is 40.2. The number of halogens is 3. The second-order valence-electron chi connectivity index (χ2n) is 4.01. The molecule has 21 heavy (non-hydrogen) atoms. The van der Waals surface area contributed by atoms with Crippen LogP contribution in [0.5, 0.6) is 5.75 Å². The van der Waals surface area contributed by atoms with Gasteiger partial charge in [0, 0.05) is 11.8 Å². The van der Waals surface area contributed by atoms with Gasteiger partial charge in [-0.15, -0.1) is 13.2 Å². The number of alkyl halides is 3. The van der Waals surface area contributed by atoms with Crippen molar-refractivity contribution in [3.63, 3.8) is 0 Å². The molecule has 1 aromatic heterocycles. The van der Waals surface area contributed by atoms with Crippen LogP contribution in [0.25, 0.3) is 11.1 Å². The highest BCUT2D eigenvalue weighted by Crippen LogP contribution is 2.26. The first kappa shape index (κ1) is 14.6.